The Bertz CT molecular complexity index is 371. The molecule has 1 N–H and O–H groups in total. The second-order valence-electron chi connectivity index (χ2n) is 3.97. The molecule has 2 nitrogen and oxygen atoms in total. The van der Waals surface area contributed by atoms with Gasteiger partial charge in [0.1, 0.15) is 5.75 Å². The minimum absolute atomic E-state index is 0.0516. The minimum atomic E-state index is -4.19. The molecule has 0 spiro atoms. The van der Waals surface area contributed by atoms with Crippen molar-refractivity contribution in [1.82, 2.24) is 5.32 Å². The van der Waals surface area contributed by atoms with E-state index in [1.807, 2.05) is 18.2 Å². The molecule has 1 rings (SSSR count). The van der Waals surface area contributed by atoms with Gasteiger partial charge >= 0.3 is 5.51 Å². The van der Waals surface area contributed by atoms with Crippen LogP contribution in [0.1, 0.15) is 18.9 Å². The summed E-state index contributed by atoms with van der Waals surface area (Å²) in [4.78, 5) is 0. The molecule has 0 amide bonds. The van der Waals surface area contributed by atoms with Crippen LogP contribution < -0.4 is 10.1 Å². The number of hydrogen-bond acceptors (Lipinski definition) is 3. The van der Waals surface area contributed by atoms with Crippen molar-refractivity contribution < 1.29 is 17.9 Å². The van der Waals surface area contributed by atoms with Crippen LogP contribution in [0.4, 0.5) is 13.2 Å². The Balaban J connectivity index is 2.31. The summed E-state index contributed by atoms with van der Waals surface area (Å²) in [6.07, 6.45) is 1.06. The molecule has 108 valence electrons. The van der Waals surface area contributed by atoms with E-state index in [0.29, 0.717) is 5.75 Å². The first-order valence-corrected chi connectivity index (χ1v) is 7.13. The van der Waals surface area contributed by atoms with Crippen LogP contribution in [0.2, 0.25) is 0 Å². The Kier molecular flexibility index (Phi) is 7.09. The van der Waals surface area contributed by atoms with Crippen LogP contribution in [0.15, 0.2) is 24.3 Å². The van der Waals surface area contributed by atoms with Gasteiger partial charge in [0.05, 0.1) is 6.61 Å². The van der Waals surface area contributed by atoms with Gasteiger partial charge in [0.2, 0.25) is 0 Å². The summed E-state index contributed by atoms with van der Waals surface area (Å²) in [5, 5.41) is 3.26. The van der Waals surface area contributed by atoms with Gasteiger partial charge in [0.15, 0.2) is 0 Å². The van der Waals surface area contributed by atoms with Gasteiger partial charge < -0.3 is 10.1 Å². The third kappa shape index (κ3) is 8.00. The molecule has 0 saturated heterocycles. The van der Waals surface area contributed by atoms with E-state index in [-0.39, 0.29) is 24.1 Å². The molecule has 1 aromatic rings. The first kappa shape index (κ1) is 16.2. The third-order valence-corrected chi connectivity index (χ3v) is 2.97. The fourth-order valence-corrected chi connectivity index (χ4v) is 1.87. The summed E-state index contributed by atoms with van der Waals surface area (Å²) in [6, 6.07) is 7.40. The van der Waals surface area contributed by atoms with Crippen LogP contribution in [0.5, 0.6) is 5.75 Å². The van der Waals surface area contributed by atoms with E-state index in [2.05, 4.69) is 12.2 Å². The molecule has 0 radical (unpaired) electrons. The topological polar surface area (TPSA) is 21.3 Å². The summed E-state index contributed by atoms with van der Waals surface area (Å²) >= 11 is -0.0635. The zero-order chi connectivity index (χ0) is 14.1. The number of rotatable bonds is 8. The standard InChI is InChI=1S/C13H18F3NOS/c1-2-6-17-10-11-4-3-5-12(9-11)18-7-8-19-13(14,15)16/h3-5,9,17H,2,6-8,10H2,1H3. The summed E-state index contributed by atoms with van der Waals surface area (Å²) in [5.74, 6) is 0.514. The van der Waals surface area contributed by atoms with Crippen molar-refractivity contribution in [1.29, 1.82) is 0 Å². The van der Waals surface area contributed by atoms with Crippen LogP contribution in [0.25, 0.3) is 0 Å². The van der Waals surface area contributed by atoms with Gasteiger partial charge in [-0.2, -0.15) is 13.2 Å². The van der Waals surface area contributed by atoms with Crippen molar-refractivity contribution in [2.45, 2.75) is 25.4 Å². The number of nitrogens with one attached hydrogen (secondary N) is 1. The first-order chi connectivity index (χ1) is 9.01. The number of thioether (sulfide) groups is 1. The fraction of sp³-hybridized carbons (Fsp3) is 0.538. The molecule has 0 aliphatic rings. The molecule has 0 heterocycles. The molecule has 0 fully saturated rings. The number of alkyl halides is 3. The second kappa shape index (κ2) is 8.32. The van der Waals surface area contributed by atoms with Gasteiger partial charge in [-0.25, -0.2) is 0 Å². The van der Waals surface area contributed by atoms with Crippen LogP contribution >= 0.6 is 11.8 Å². The highest BCUT2D eigenvalue weighted by Gasteiger charge is 2.27. The Morgan fingerprint density at radius 1 is 1.32 bits per heavy atom. The van der Waals surface area contributed by atoms with Gasteiger partial charge in [-0.05, 0) is 42.4 Å². The molecule has 0 bridgehead atoms. The molecule has 19 heavy (non-hydrogen) atoms. The molecule has 0 unspecified atom stereocenters. The van der Waals surface area contributed by atoms with Crippen molar-refractivity contribution in [2.24, 2.45) is 0 Å². The summed E-state index contributed by atoms with van der Waals surface area (Å²) in [5.41, 5.74) is -3.12. The molecule has 0 atom stereocenters. The van der Waals surface area contributed by atoms with Crippen LogP contribution in [0, 0.1) is 0 Å². The van der Waals surface area contributed by atoms with E-state index in [4.69, 9.17) is 4.74 Å². The van der Waals surface area contributed by atoms with Gasteiger partial charge in [-0.1, -0.05) is 19.1 Å². The van der Waals surface area contributed by atoms with E-state index >= 15 is 0 Å². The SMILES string of the molecule is CCCNCc1cccc(OCCSC(F)(F)F)c1. The number of ether oxygens (including phenoxy) is 1. The molecule has 0 saturated carbocycles. The monoisotopic (exact) mass is 293 g/mol. The Hall–Kier alpha value is -0.880. The predicted molar refractivity (Wildman–Crippen MR) is 72.4 cm³/mol. The highest BCUT2D eigenvalue weighted by molar-refractivity contribution is 8.00. The molecule has 0 aromatic heterocycles. The zero-order valence-electron chi connectivity index (χ0n) is 10.8. The normalized spacial score (nSPS) is 11.6. The summed E-state index contributed by atoms with van der Waals surface area (Å²) in [6.45, 7) is 3.82. The number of benzene rings is 1. The largest absolute Gasteiger partial charge is 0.493 e. The van der Waals surface area contributed by atoms with Crippen molar-refractivity contribution in [3.8, 4) is 5.75 Å². The minimum Gasteiger partial charge on any atom is -0.493 e. The molecular formula is C13H18F3NOS. The Labute approximate surface area is 115 Å². The second-order valence-corrected chi connectivity index (χ2v) is 5.13. The molecule has 0 aliphatic carbocycles. The van der Waals surface area contributed by atoms with E-state index in [9.17, 15) is 13.2 Å². The maximum absolute atomic E-state index is 11.9. The van der Waals surface area contributed by atoms with Crippen LogP contribution in [-0.4, -0.2) is 24.4 Å². The van der Waals surface area contributed by atoms with E-state index < -0.39 is 5.51 Å². The fourth-order valence-electron chi connectivity index (χ4n) is 1.47. The zero-order valence-corrected chi connectivity index (χ0v) is 11.6. The van der Waals surface area contributed by atoms with E-state index in [1.165, 1.54) is 0 Å². The number of halogens is 3. The molecule has 1 aromatic carbocycles. The van der Waals surface area contributed by atoms with Gasteiger partial charge in [-0.15, -0.1) is 0 Å². The van der Waals surface area contributed by atoms with Crippen LogP contribution in [-0.2, 0) is 6.54 Å². The average molecular weight is 293 g/mol. The Morgan fingerprint density at radius 2 is 2.11 bits per heavy atom. The predicted octanol–water partition coefficient (Wildman–Crippen LogP) is 3.82. The van der Waals surface area contributed by atoms with Gasteiger partial charge in [-0.3, -0.25) is 0 Å². The maximum atomic E-state index is 11.9. The smallest absolute Gasteiger partial charge is 0.441 e. The molecule has 6 heteroatoms. The highest BCUT2D eigenvalue weighted by Crippen LogP contribution is 2.29. The average Bonchev–Trinajstić information content (AvgIpc) is 2.35. The summed E-state index contributed by atoms with van der Waals surface area (Å²) < 4.78 is 41.1. The first-order valence-electron chi connectivity index (χ1n) is 6.14. The van der Waals surface area contributed by atoms with Gasteiger partial charge in [0, 0.05) is 12.3 Å². The molecular weight excluding hydrogens is 275 g/mol. The van der Waals surface area contributed by atoms with E-state index in [0.717, 1.165) is 25.1 Å². The lowest BCUT2D eigenvalue weighted by molar-refractivity contribution is -0.0329. The maximum Gasteiger partial charge on any atom is 0.441 e. The lowest BCUT2D eigenvalue weighted by Gasteiger charge is -2.09. The van der Waals surface area contributed by atoms with Crippen LogP contribution in [0.3, 0.4) is 0 Å². The van der Waals surface area contributed by atoms with Crippen molar-refractivity contribution in [2.75, 3.05) is 18.9 Å². The van der Waals surface area contributed by atoms with Gasteiger partial charge in [0.25, 0.3) is 0 Å². The van der Waals surface area contributed by atoms with E-state index in [1.54, 1.807) is 6.07 Å². The lowest BCUT2D eigenvalue weighted by atomic mass is 10.2. The van der Waals surface area contributed by atoms with Crippen molar-refractivity contribution in [3.63, 3.8) is 0 Å². The van der Waals surface area contributed by atoms with Crippen molar-refractivity contribution in [3.05, 3.63) is 29.8 Å². The quantitative estimate of drug-likeness (QED) is 0.736. The highest BCUT2D eigenvalue weighted by atomic mass is 32.2. The van der Waals surface area contributed by atoms with Crippen molar-refractivity contribution >= 4 is 11.8 Å². The third-order valence-electron chi connectivity index (χ3n) is 2.27. The number of hydrogen-bond donors (Lipinski definition) is 1. The Morgan fingerprint density at radius 3 is 2.79 bits per heavy atom. The molecule has 0 aliphatic heterocycles. The lowest BCUT2D eigenvalue weighted by Crippen LogP contribution is -2.13. The summed E-state index contributed by atoms with van der Waals surface area (Å²) in [7, 11) is 0.